The average molecular weight is 713 g/mol. The van der Waals surface area contributed by atoms with Gasteiger partial charge in [0.25, 0.3) is 0 Å². The lowest BCUT2D eigenvalue weighted by Crippen LogP contribution is -2.25. The van der Waals surface area contributed by atoms with E-state index in [1.54, 1.807) is 11.1 Å². The molecule has 0 saturated heterocycles. The van der Waals surface area contributed by atoms with Crippen LogP contribution in [0.1, 0.15) is 89.2 Å². The number of hydrogen-bond acceptors (Lipinski definition) is 3. The number of unbranched alkanes of at least 4 members (excludes halogenated alkanes) is 6. The van der Waals surface area contributed by atoms with Crippen molar-refractivity contribution in [3.05, 3.63) is 113 Å². The Morgan fingerprint density at radius 1 is 0.604 bits per heavy atom. The molecule has 0 aliphatic heterocycles. The van der Waals surface area contributed by atoms with E-state index in [1.165, 1.54) is 115 Å². The van der Waals surface area contributed by atoms with E-state index in [4.69, 9.17) is 0 Å². The minimum Gasteiger partial charge on any atom is -0.309 e. The molecule has 5 aromatic carbocycles. The number of benzene rings is 5. The molecule has 7 aromatic rings. The molecular weight excluding hydrogens is 670 g/mol. The third-order valence-corrected chi connectivity index (χ3v) is 11.9. The van der Waals surface area contributed by atoms with E-state index in [0.717, 1.165) is 26.6 Å². The first-order chi connectivity index (χ1) is 23.6. The Morgan fingerprint density at radius 3 is 2.12 bits per heavy atom. The molecule has 1 aliphatic rings. The van der Waals surface area contributed by atoms with E-state index in [2.05, 4.69) is 140 Å². The molecule has 2 aromatic heterocycles. The van der Waals surface area contributed by atoms with Crippen molar-refractivity contribution in [2.24, 2.45) is 0 Å². The molecule has 242 valence electrons. The first kappa shape index (κ1) is 31.5. The fourth-order valence-corrected chi connectivity index (χ4v) is 9.55. The van der Waals surface area contributed by atoms with Gasteiger partial charge in [0.05, 0.1) is 22.8 Å². The summed E-state index contributed by atoms with van der Waals surface area (Å²) in [6, 6.07) is 36.7. The second-order valence-corrected chi connectivity index (χ2v) is 15.0. The van der Waals surface area contributed by atoms with Crippen LogP contribution in [0.5, 0.6) is 0 Å². The van der Waals surface area contributed by atoms with Gasteiger partial charge in [-0.1, -0.05) is 126 Å². The van der Waals surface area contributed by atoms with Crippen molar-refractivity contribution in [3.63, 3.8) is 0 Å². The topological polar surface area (TPSA) is 30.7 Å². The Balaban J connectivity index is 1.27. The SMILES string of the molecule is CCCCCCC1(CCCCCC)c2ccccc2-c2cc(-n3c4ccccc4c4cc(-c5ccc(Br)c6nsnc56)ccc43)ccc21. The predicted octanol–water partition coefficient (Wildman–Crippen LogP) is 13.4. The number of hydrogen-bond donors (Lipinski definition) is 0. The minimum atomic E-state index is 0.0994. The minimum absolute atomic E-state index is 0.0994. The molecule has 8 rings (SSSR count). The molecule has 48 heavy (non-hydrogen) atoms. The molecule has 5 heteroatoms. The molecule has 0 bridgehead atoms. The second-order valence-electron chi connectivity index (χ2n) is 13.6. The van der Waals surface area contributed by atoms with Crippen LogP contribution in [0.2, 0.25) is 0 Å². The van der Waals surface area contributed by atoms with Crippen molar-refractivity contribution in [1.29, 1.82) is 0 Å². The monoisotopic (exact) mass is 711 g/mol. The molecule has 1 aliphatic carbocycles. The molecule has 0 N–H and O–H groups in total. The lowest BCUT2D eigenvalue weighted by molar-refractivity contribution is 0.401. The van der Waals surface area contributed by atoms with E-state index in [1.807, 2.05) is 0 Å². The largest absolute Gasteiger partial charge is 0.309 e. The summed E-state index contributed by atoms with van der Waals surface area (Å²) in [5.41, 5.74) is 13.9. The van der Waals surface area contributed by atoms with Crippen LogP contribution in [0.3, 0.4) is 0 Å². The summed E-state index contributed by atoms with van der Waals surface area (Å²) in [5, 5.41) is 2.52. The Hall–Kier alpha value is -3.80. The molecule has 2 heterocycles. The van der Waals surface area contributed by atoms with Crippen molar-refractivity contribution in [2.75, 3.05) is 0 Å². The lowest BCUT2D eigenvalue weighted by Gasteiger charge is -2.33. The molecule has 0 atom stereocenters. The summed E-state index contributed by atoms with van der Waals surface area (Å²) < 4.78 is 12.7. The standard InChI is InChI=1S/C43H42BrN3S/c1-3-5-7-13-25-43(26-14-8-6-4-2)36-17-11-9-15-32(36)34-28-30(20-22-37(34)43)47-39-18-12-10-16-33(39)35-27-29(19-24-40(35)47)31-21-23-38(44)42-41(31)45-48-46-42/h9-12,15-24,27-28H,3-8,13-14,25-26H2,1-2H3. The van der Waals surface area contributed by atoms with Gasteiger partial charge in [0, 0.05) is 31.9 Å². The maximum absolute atomic E-state index is 4.67. The zero-order chi connectivity index (χ0) is 32.7. The second kappa shape index (κ2) is 13.2. The summed E-state index contributed by atoms with van der Waals surface area (Å²) in [6.07, 6.45) is 12.9. The molecule has 0 fully saturated rings. The van der Waals surface area contributed by atoms with Crippen molar-refractivity contribution in [3.8, 4) is 27.9 Å². The van der Waals surface area contributed by atoms with E-state index >= 15 is 0 Å². The highest BCUT2D eigenvalue weighted by atomic mass is 79.9. The van der Waals surface area contributed by atoms with Gasteiger partial charge in [0.15, 0.2) is 0 Å². The van der Waals surface area contributed by atoms with Crippen LogP contribution in [0.15, 0.2) is 102 Å². The van der Waals surface area contributed by atoms with Crippen molar-refractivity contribution in [2.45, 2.75) is 83.5 Å². The van der Waals surface area contributed by atoms with Crippen LogP contribution in [0.4, 0.5) is 0 Å². The summed E-state index contributed by atoms with van der Waals surface area (Å²) >= 11 is 4.93. The van der Waals surface area contributed by atoms with Crippen LogP contribution in [0.25, 0.3) is 60.8 Å². The van der Waals surface area contributed by atoms with Gasteiger partial charge in [-0.2, -0.15) is 8.75 Å². The predicted molar refractivity (Wildman–Crippen MR) is 209 cm³/mol. The first-order valence-electron chi connectivity index (χ1n) is 17.8. The number of rotatable bonds is 12. The fourth-order valence-electron chi connectivity index (χ4n) is 8.45. The van der Waals surface area contributed by atoms with Gasteiger partial charge >= 0.3 is 0 Å². The number of nitrogens with zero attached hydrogens (tertiary/aromatic N) is 3. The zero-order valence-electron chi connectivity index (χ0n) is 27.9. The van der Waals surface area contributed by atoms with Gasteiger partial charge in [-0.05, 0) is 93.0 Å². The lowest BCUT2D eigenvalue weighted by atomic mass is 9.70. The van der Waals surface area contributed by atoms with Crippen LogP contribution < -0.4 is 0 Å². The molecule has 0 unspecified atom stereocenters. The molecule has 0 spiro atoms. The molecule has 0 amide bonds. The highest BCUT2D eigenvalue weighted by Gasteiger charge is 2.42. The number of halogens is 1. The highest BCUT2D eigenvalue weighted by molar-refractivity contribution is 9.10. The van der Waals surface area contributed by atoms with Crippen molar-refractivity contribution < 1.29 is 0 Å². The molecular formula is C43H42BrN3S. The van der Waals surface area contributed by atoms with Gasteiger partial charge in [0.1, 0.15) is 11.0 Å². The summed E-state index contributed by atoms with van der Waals surface area (Å²) in [5.74, 6) is 0. The number of aromatic nitrogens is 3. The van der Waals surface area contributed by atoms with Crippen LogP contribution in [0, 0.1) is 0 Å². The van der Waals surface area contributed by atoms with Crippen LogP contribution in [-0.4, -0.2) is 13.3 Å². The molecule has 0 saturated carbocycles. The van der Waals surface area contributed by atoms with E-state index in [9.17, 15) is 0 Å². The third kappa shape index (κ3) is 5.21. The van der Waals surface area contributed by atoms with Gasteiger partial charge in [-0.25, -0.2) is 0 Å². The summed E-state index contributed by atoms with van der Waals surface area (Å²) in [4.78, 5) is 0. The van der Waals surface area contributed by atoms with Gasteiger partial charge in [0.2, 0.25) is 0 Å². The summed E-state index contributed by atoms with van der Waals surface area (Å²) in [7, 11) is 0. The van der Waals surface area contributed by atoms with E-state index < -0.39 is 0 Å². The third-order valence-electron chi connectivity index (χ3n) is 10.8. The van der Waals surface area contributed by atoms with Crippen LogP contribution >= 0.6 is 27.7 Å². The Bertz CT molecular complexity index is 2250. The van der Waals surface area contributed by atoms with Crippen LogP contribution in [-0.2, 0) is 5.41 Å². The Kier molecular flexibility index (Phi) is 8.69. The molecule has 3 nitrogen and oxygen atoms in total. The van der Waals surface area contributed by atoms with E-state index in [0.29, 0.717) is 0 Å². The Morgan fingerprint density at radius 2 is 1.31 bits per heavy atom. The fraction of sp³-hybridized carbons (Fsp3) is 0.302. The van der Waals surface area contributed by atoms with Crippen molar-refractivity contribution in [1.82, 2.24) is 13.3 Å². The van der Waals surface area contributed by atoms with Gasteiger partial charge in [-0.3, -0.25) is 0 Å². The maximum Gasteiger partial charge on any atom is 0.119 e. The van der Waals surface area contributed by atoms with E-state index in [-0.39, 0.29) is 5.41 Å². The van der Waals surface area contributed by atoms with Gasteiger partial charge in [-0.15, -0.1) is 0 Å². The zero-order valence-corrected chi connectivity index (χ0v) is 30.3. The smallest absolute Gasteiger partial charge is 0.119 e. The number of para-hydroxylation sites is 1. The van der Waals surface area contributed by atoms with Gasteiger partial charge < -0.3 is 4.57 Å². The first-order valence-corrected chi connectivity index (χ1v) is 19.4. The van der Waals surface area contributed by atoms with Crippen molar-refractivity contribution >= 4 is 60.5 Å². The number of fused-ring (bicyclic) bond motifs is 7. The normalized spacial score (nSPS) is 13.5. The quantitative estimate of drug-likeness (QED) is 0.118. The highest BCUT2D eigenvalue weighted by Crippen LogP contribution is 2.55. The average Bonchev–Trinajstić information content (AvgIpc) is 3.82. The maximum atomic E-state index is 4.67. The Labute approximate surface area is 296 Å². The summed E-state index contributed by atoms with van der Waals surface area (Å²) in [6.45, 7) is 4.63. The molecule has 0 radical (unpaired) electrons.